The first-order chi connectivity index (χ1) is 15.1. The molecule has 2 aromatic heterocycles. The van der Waals surface area contributed by atoms with Gasteiger partial charge in [-0.1, -0.05) is 6.42 Å². The molecule has 0 bridgehead atoms. The lowest BCUT2D eigenvalue weighted by molar-refractivity contribution is -0.143. The molecule has 7 heteroatoms. The zero-order valence-electron chi connectivity index (χ0n) is 18.0. The third kappa shape index (κ3) is 5.23. The largest absolute Gasteiger partial charge is 0.508 e. The van der Waals surface area contributed by atoms with Gasteiger partial charge in [-0.2, -0.15) is 0 Å². The minimum absolute atomic E-state index is 0.0855. The van der Waals surface area contributed by atoms with Crippen LogP contribution in [-0.4, -0.2) is 39.8 Å². The van der Waals surface area contributed by atoms with Gasteiger partial charge in [0.15, 0.2) is 0 Å². The van der Waals surface area contributed by atoms with Crippen LogP contribution in [0.5, 0.6) is 5.75 Å². The van der Waals surface area contributed by atoms with Gasteiger partial charge in [0.25, 0.3) is 0 Å². The molecule has 1 aromatic carbocycles. The van der Waals surface area contributed by atoms with E-state index in [-0.39, 0.29) is 18.3 Å². The number of phenols is 1. The van der Waals surface area contributed by atoms with E-state index in [0.717, 1.165) is 36.0 Å². The quantitative estimate of drug-likeness (QED) is 0.374. The number of esters is 2. The van der Waals surface area contributed by atoms with E-state index in [9.17, 15) is 14.7 Å². The Morgan fingerprint density at radius 1 is 1.06 bits per heavy atom. The predicted molar refractivity (Wildman–Crippen MR) is 118 cm³/mol. The van der Waals surface area contributed by atoms with Crippen molar-refractivity contribution in [3.63, 3.8) is 0 Å². The van der Waals surface area contributed by atoms with Crippen LogP contribution in [0.1, 0.15) is 49.9 Å². The Hall–Kier alpha value is -3.35. The molecule has 0 aliphatic rings. The smallest absolute Gasteiger partial charge is 0.340 e. The zero-order valence-corrected chi connectivity index (χ0v) is 18.0. The van der Waals surface area contributed by atoms with Gasteiger partial charge in [-0.15, -0.1) is 0 Å². The number of phenolic OH excluding ortho intramolecular Hbond substituents is 1. The molecular weight excluding hydrogens is 396 g/mol. The number of rotatable bonds is 10. The van der Waals surface area contributed by atoms with E-state index in [2.05, 4.69) is 9.55 Å². The highest BCUT2D eigenvalue weighted by molar-refractivity contribution is 6.11. The molecule has 0 aliphatic heterocycles. The monoisotopic (exact) mass is 424 g/mol. The molecule has 3 rings (SSSR count). The van der Waals surface area contributed by atoms with Gasteiger partial charge in [0.05, 0.1) is 24.5 Å². The van der Waals surface area contributed by atoms with Crippen LogP contribution in [0.4, 0.5) is 0 Å². The summed E-state index contributed by atoms with van der Waals surface area (Å²) in [6, 6.07) is 8.75. The van der Waals surface area contributed by atoms with Crippen LogP contribution in [-0.2, 0) is 20.8 Å². The summed E-state index contributed by atoms with van der Waals surface area (Å²) in [5.41, 5.74) is 2.78. The molecule has 0 saturated heterocycles. The van der Waals surface area contributed by atoms with E-state index in [0.29, 0.717) is 30.5 Å². The predicted octanol–water partition coefficient (Wildman–Crippen LogP) is 4.71. The van der Waals surface area contributed by atoms with Gasteiger partial charge in [-0.05, 0) is 57.0 Å². The highest BCUT2D eigenvalue weighted by Crippen LogP contribution is 2.36. The summed E-state index contributed by atoms with van der Waals surface area (Å²) >= 11 is 0. The van der Waals surface area contributed by atoms with E-state index < -0.39 is 5.97 Å². The molecule has 0 atom stereocenters. The average molecular weight is 424 g/mol. The first kappa shape index (κ1) is 22.3. The number of carbonyl (C=O) groups is 2. The maximum Gasteiger partial charge on any atom is 0.340 e. The Morgan fingerprint density at radius 3 is 2.58 bits per heavy atom. The maximum atomic E-state index is 12.9. The SMILES string of the molecule is CCOC(=O)CCCCCn1c(-c2cccnc2)c(C(=O)OCC)c2cc(O)ccc21. The lowest BCUT2D eigenvalue weighted by Crippen LogP contribution is -2.08. The van der Waals surface area contributed by atoms with Crippen molar-refractivity contribution in [2.75, 3.05) is 13.2 Å². The van der Waals surface area contributed by atoms with E-state index in [1.54, 1.807) is 38.4 Å². The summed E-state index contributed by atoms with van der Waals surface area (Å²) in [6.45, 7) is 4.86. The Balaban J connectivity index is 1.97. The average Bonchev–Trinajstić information content (AvgIpc) is 3.08. The zero-order chi connectivity index (χ0) is 22.2. The van der Waals surface area contributed by atoms with E-state index in [1.807, 2.05) is 18.2 Å². The number of hydrogen-bond acceptors (Lipinski definition) is 6. The van der Waals surface area contributed by atoms with Crippen LogP contribution < -0.4 is 0 Å². The number of hydrogen-bond donors (Lipinski definition) is 1. The Kier molecular flexibility index (Phi) is 7.65. The minimum atomic E-state index is -0.432. The molecular formula is C24H28N2O5. The summed E-state index contributed by atoms with van der Waals surface area (Å²) in [4.78, 5) is 28.7. The molecule has 0 fully saturated rings. The van der Waals surface area contributed by atoms with Gasteiger partial charge < -0.3 is 19.1 Å². The Bertz CT molecular complexity index is 1040. The van der Waals surface area contributed by atoms with Crippen molar-refractivity contribution >= 4 is 22.8 Å². The Labute approximate surface area is 181 Å². The maximum absolute atomic E-state index is 12.9. The van der Waals surface area contributed by atoms with Crippen LogP contribution in [0.15, 0.2) is 42.7 Å². The van der Waals surface area contributed by atoms with Crippen LogP contribution in [0.2, 0.25) is 0 Å². The fourth-order valence-electron chi connectivity index (χ4n) is 3.74. The van der Waals surface area contributed by atoms with Gasteiger partial charge in [0, 0.05) is 41.8 Å². The molecule has 0 amide bonds. The third-order valence-corrected chi connectivity index (χ3v) is 5.03. The molecule has 31 heavy (non-hydrogen) atoms. The summed E-state index contributed by atoms with van der Waals surface area (Å²) in [6.07, 6.45) is 6.20. The summed E-state index contributed by atoms with van der Waals surface area (Å²) in [5.74, 6) is -0.523. The lowest BCUT2D eigenvalue weighted by Gasteiger charge is -2.12. The fraction of sp³-hybridized carbons (Fsp3) is 0.375. The number of aromatic hydroxyl groups is 1. The molecule has 0 unspecified atom stereocenters. The summed E-state index contributed by atoms with van der Waals surface area (Å²) < 4.78 is 12.4. The number of benzene rings is 1. The second kappa shape index (κ2) is 10.6. The minimum Gasteiger partial charge on any atom is -0.508 e. The van der Waals surface area contributed by atoms with Gasteiger partial charge in [-0.25, -0.2) is 4.79 Å². The number of ether oxygens (including phenoxy) is 2. The van der Waals surface area contributed by atoms with Crippen LogP contribution in [0, 0.1) is 0 Å². The lowest BCUT2D eigenvalue weighted by atomic mass is 10.1. The van der Waals surface area contributed by atoms with Crippen molar-refractivity contribution in [2.24, 2.45) is 0 Å². The van der Waals surface area contributed by atoms with E-state index in [4.69, 9.17) is 9.47 Å². The van der Waals surface area contributed by atoms with Crippen molar-refractivity contribution in [3.8, 4) is 17.0 Å². The molecule has 3 aromatic rings. The van der Waals surface area contributed by atoms with Gasteiger partial charge in [-0.3, -0.25) is 9.78 Å². The van der Waals surface area contributed by atoms with Gasteiger partial charge in [0.1, 0.15) is 5.75 Å². The molecule has 164 valence electrons. The molecule has 0 saturated carbocycles. The molecule has 7 nitrogen and oxygen atoms in total. The number of pyridine rings is 1. The van der Waals surface area contributed by atoms with Crippen molar-refractivity contribution in [1.82, 2.24) is 9.55 Å². The van der Waals surface area contributed by atoms with Gasteiger partial charge in [0.2, 0.25) is 0 Å². The highest BCUT2D eigenvalue weighted by Gasteiger charge is 2.25. The van der Waals surface area contributed by atoms with Crippen LogP contribution in [0.25, 0.3) is 22.2 Å². The number of fused-ring (bicyclic) bond motifs is 1. The number of aryl methyl sites for hydroxylation is 1. The molecule has 2 heterocycles. The van der Waals surface area contributed by atoms with Crippen molar-refractivity contribution in [3.05, 3.63) is 48.3 Å². The Morgan fingerprint density at radius 2 is 1.87 bits per heavy atom. The number of nitrogens with zero attached hydrogens (tertiary/aromatic N) is 2. The number of unbranched alkanes of at least 4 members (excludes halogenated alkanes) is 2. The fourth-order valence-corrected chi connectivity index (χ4v) is 3.74. The molecule has 0 aliphatic carbocycles. The van der Waals surface area contributed by atoms with Crippen LogP contribution >= 0.6 is 0 Å². The van der Waals surface area contributed by atoms with Crippen molar-refractivity contribution in [1.29, 1.82) is 0 Å². The third-order valence-electron chi connectivity index (χ3n) is 5.03. The van der Waals surface area contributed by atoms with Crippen molar-refractivity contribution in [2.45, 2.75) is 46.1 Å². The first-order valence-electron chi connectivity index (χ1n) is 10.6. The number of carbonyl (C=O) groups excluding carboxylic acids is 2. The second-order valence-corrected chi connectivity index (χ2v) is 7.15. The van der Waals surface area contributed by atoms with Gasteiger partial charge >= 0.3 is 11.9 Å². The number of aromatic nitrogens is 2. The van der Waals surface area contributed by atoms with E-state index in [1.165, 1.54) is 0 Å². The molecule has 0 spiro atoms. The summed E-state index contributed by atoms with van der Waals surface area (Å²) in [5, 5.41) is 10.7. The topological polar surface area (TPSA) is 90.7 Å². The standard InChI is InChI=1S/C24H28N2O5/c1-3-30-21(28)10-6-5-7-14-26-20-12-11-18(27)15-19(20)22(24(29)31-4-2)23(26)17-9-8-13-25-16-17/h8-9,11-13,15-16,27H,3-7,10,14H2,1-2H3. The first-order valence-corrected chi connectivity index (χ1v) is 10.6. The highest BCUT2D eigenvalue weighted by atomic mass is 16.5. The van der Waals surface area contributed by atoms with Crippen molar-refractivity contribution < 1.29 is 24.2 Å². The second-order valence-electron chi connectivity index (χ2n) is 7.15. The molecule has 0 radical (unpaired) electrons. The van der Waals surface area contributed by atoms with E-state index >= 15 is 0 Å². The van der Waals surface area contributed by atoms with Crippen LogP contribution in [0.3, 0.4) is 0 Å². The summed E-state index contributed by atoms with van der Waals surface area (Å²) in [7, 11) is 0. The normalized spacial score (nSPS) is 10.9. The molecule has 1 N–H and O–H groups in total.